The highest BCUT2D eigenvalue weighted by atomic mass is 32.1. The smallest absolute Gasteiger partial charge is 0.00720 e. The van der Waals surface area contributed by atoms with E-state index in [9.17, 15) is 0 Å². The molecule has 0 N–H and O–H groups in total. The van der Waals surface area contributed by atoms with Crippen molar-refractivity contribution < 1.29 is 0 Å². The second-order valence-corrected chi connectivity index (χ2v) is 6.07. The van der Waals surface area contributed by atoms with Crippen LogP contribution in [0.15, 0.2) is 58.3 Å². The molecule has 0 nitrogen and oxygen atoms in total. The first-order valence-corrected chi connectivity index (χ1v) is 8.62. The lowest BCUT2D eigenvalue weighted by Gasteiger charge is -2.01. The summed E-state index contributed by atoms with van der Waals surface area (Å²) < 4.78 is 0. The monoisotopic (exact) mass is 318 g/mol. The van der Waals surface area contributed by atoms with Crippen LogP contribution < -0.4 is 0 Å². The van der Waals surface area contributed by atoms with E-state index in [4.69, 9.17) is 0 Å². The van der Waals surface area contributed by atoms with Gasteiger partial charge in [0.25, 0.3) is 0 Å². The molecule has 0 unspecified atom stereocenters. The number of rotatable bonds is 5. The highest BCUT2D eigenvalue weighted by molar-refractivity contribution is 7.80. The summed E-state index contributed by atoms with van der Waals surface area (Å²) in [5, 5.41) is 0. The Bertz CT molecular complexity index is 520. The summed E-state index contributed by atoms with van der Waals surface area (Å²) in [5.74, 6) is 0. The Hall–Kier alpha value is -0.860. The van der Waals surface area contributed by atoms with Gasteiger partial charge in [-0.25, -0.2) is 0 Å². The Labute approximate surface area is 140 Å². The van der Waals surface area contributed by atoms with E-state index in [0.717, 1.165) is 22.6 Å². The molecule has 0 aliphatic carbocycles. The molecule has 0 fully saturated rings. The van der Waals surface area contributed by atoms with Crippen molar-refractivity contribution in [3.63, 3.8) is 0 Å². The van der Waals surface area contributed by atoms with E-state index in [1.807, 2.05) is 24.3 Å². The predicted octanol–water partition coefficient (Wildman–Crippen LogP) is 6.25. The Morgan fingerprint density at radius 2 is 1.14 bits per heavy atom. The van der Waals surface area contributed by atoms with Crippen LogP contribution >= 0.6 is 25.3 Å². The van der Waals surface area contributed by atoms with Crippen LogP contribution in [-0.4, -0.2) is 0 Å². The Morgan fingerprint density at radius 3 is 1.57 bits per heavy atom. The summed E-state index contributed by atoms with van der Waals surface area (Å²) in [4.78, 5) is 2.24. The average Bonchev–Trinajstić information content (AvgIpc) is 2.50. The van der Waals surface area contributed by atoms with Crippen LogP contribution in [0.1, 0.15) is 44.2 Å². The van der Waals surface area contributed by atoms with Gasteiger partial charge in [0, 0.05) is 9.79 Å². The Morgan fingerprint density at radius 1 is 0.667 bits per heavy atom. The van der Waals surface area contributed by atoms with E-state index in [2.05, 4.69) is 63.4 Å². The van der Waals surface area contributed by atoms with Crippen molar-refractivity contribution in [3.05, 3.63) is 59.7 Å². The Balaban J connectivity index is 0.000000211. The fourth-order valence-electron chi connectivity index (χ4n) is 2.08. The van der Waals surface area contributed by atoms with Crippen molar-refractivity contribution in [3.8, 4) is 0 Å². The largest absolute Gasteiger partial charge is 0.143 e. The first-order valence-electron chi connectivity index (χ1n) is 7.72. The highest BCUT2D eigenvalue weighted by Crippen LogP contribution is 2.15. The lowest BCUT2D eigenvalue weighted by Crippen LogP contribution is -1.85. The van der Waals surface area contributed by atoms with Gasteiger partial charge in [-0.3, -0.25) is 0 Å². The molecule has 0 spiro atoms. The van der Waals surface area contributed by atoms with Gasteiger partial charge in [-0.2, -0.15) is 0 Å². The van der Waals surface area contributed by atoms with E-state index in [1.165, 1.54) is 30.4 Å². The number of aryl methyl sites for hydroxylation is 2. The fourth-order valence-corrected chi connectivity index (χ4v) is 2.63. The molecule has 0 atom stereocenters. The zero-order chi connectivity index (χ0) is 15.5. The van der Waals surface area contributed by atoms with Gasteiger partial charge >= 0.3 is 0 Å². The molecule has 0 heterocycles. The molecule has 0 bridgehead atoms. The molecular formula is C19H26S2. The molecule has 0 saturated carbocycles. The molecule has 0 saturated heterocycles. The summed E-state index contributed by atoms with van der Waals surface area (Å²) in [6.45, 7) is 4.39. The maximum atomic E-state index is 4.37. The lowest BCUT2D eigenvalue weighted by molar-refractivity contribution is 0.785. The second kappa shape index (κ2) is 10.8. The quantitative estimate of drug-likeness (QED) is 0.598. The number of benzene rings is 2. The van der Waals surface area contributed by atoms with Gasteiger partial charge in [0.2, 0.25) is 0 Å². The third-order valence-electron chi connectivity index (χ3n) is 3.30. The molecule has 0 aromatic heterocycles. The minimum Gasteiger partial charge on any atom is -0.143 e. The fraction of sp³-hybridized carbons (Fsp3) is 0.368. The van der Waals surface area contributed by atoms with Crippen LogP contribution in [0.25, 0.3) is 0 Å². The zero-order valence-electron chi connectivity index (χ0n) is 13.0. The molecule has 0 radical (unpaired) electrons. The lowest BCUT2D eigenvalue weighted by atomic mass is 10.1. The van der Waals surface area contributed by atoms with Crippen LogP contribution in [0.5, 0.6) is 0 Å². The summed E-state index contributed by atoms with van der Waals surface area (Å²) in [5.41, 5.74) is 2.73. The molecule has 0 aliphatic rings. The average molecular weight is 319 g/mol. The molecule has 2 rings (SSSR count). The minimum absolute atomic E-state index is 1.12. The SMILES string of the molecule is CCCCc1ccccc1S.CCCc1ccccc1S. The maximum absolute atomic E-state index is 4.37. The van der Waals surface area contributed by atoms with Gasteiger partial charge < -0.3 is 0 Å². The van der Waals surface area contributed by atoms with Crippen molar-refractivity contribution in [2.75, 3.05) is 0 Å². The third-order valence-corrected chi connectivity index (χ3v) is 4.17. The van der Waals surface area contributed by atoms with Crippen molar-refractivity contribution in [1.82, 2.24) is 0 Å². The number of hydrogen-bond acceptors (Lipinski definition) is 2. The topological polar surface area (TPSA) is 0 Å². The molecule has 2 heteroatoms. The molecular weight excluding hydrogens is 292 g/mol. The van der Waals surface area contributed by atoms with Crippen molar-refractivity contribution >= 4 is 25.3 Å². The molecule has 2 aromatic carbocycles. The minimum atomic E-state index is 1.12. The van der Waals surface area contributed by atoms with E-state index in [1.54, 1.807) is 0 Å². The van der Waals surface area contributed by atoms with Crippen LogP contribution in [-0.2, 0) is 12.8 Å². The molecule has 21 heavy (non-hydrogen) atoms. The normalized spacial score (nSPS) is 9.90. The first-order chi connectivity index (χ1) is 10.2. The third kappa shape index (κ3) is 7.10. The number of thiol groups is 2. The molecule has 114 valence electrons. The summed E-state index contributed by atoms with van der Waals surface area (Å²) in [6, 6.07) is 16.5. The van der Waals surface area contributed by atoms with Gasteiger partial charge in [-0.15, -0.1) is 25.3 Å². The van der Waals surface area contributed by atoms with Gasteiger partial charge in [-0.1, -0.05) is 63.1 Å². The van der Waals surface area contributed by atoms with Crippen molar-refractivity contribution in [2.45, 2.75) is 55.7 Å². The van der Waals surface area contributed by atoms with Crippen molar-refractivity contribution in [2.24, 2.45) is 0 Å². The van der Waals surface area contributed by atoms with E-state index in [-0.39, 0.29) is 0 Å². The summed E-state index contributed by atoms with van der Waals surface area (Å²) >= 11 is 8.70. The van der Waals surface area contributed by atoms with Crippen molar-refractivity contribution in [1.29, 1.82) is 0 Å². The Kier molecular flexibility index (Phi) is 9.36. The van der Waals surface area contributed by atoms with Crippen LogP contribution in [0.2, 0.25) is 0 Å². The maximum Gasteiger partial charge on any atom is 0.00720 e. The van der Waals surface area contributed by atoms with Crippen LogP contribution in [0.4, 0.5) is 0 Å². The standard InChI is InChI=1S/C10H14S.C9H12S/c1-2-3-6-9-7-4-5-8-10(9)11;1-2-5-8-6-3-4-7-9(8)10/h4-5,7-8,11H,2-3,6H2,1H3;3-4,6-7,10H,2,5H2,1H3. The molecule has 0 amide bonds. The molecule has 0 aliphatic heterocycles. The predicted molar refractivity (Wildman–Crippen MR) is 100.0 cm³/mol. The first kappa shape index (κ1) is 18.2. The number of hydrogen-bond donors (Lipinski definition) is 2. The van der Waals surface area contributed by atoms with Gasteiger partial charge in [0.1, 0.15) is 0 Å². The molecule has 2 aromatic rings. The van der Waals surface area contributed by atoms with Gasteiger partial charge in [0.05, 0.1) is 0 Å². The summed E-state index contributed by atoms with van der Waals surface area (Å²) in [7, 11) is 0. The van der Waals surface area contributed by atoms with Gasteiger partial charge in [-0.05, 0) is 42.5 Å². The van der Waals surface area contributed by atoms with E-state index >= 15 is 0 Å². The second-order valence-electron chi connectivity index (χ2n) is 5.11. The summed E-state index contributed by atoms with van der Waals surface area (Å²) in [6.07, 6.45) is 6.01. The van der Waals surface area contributed by atoms with Crippen LogP contribution in [0, 0.1) is 0 Å². The van der Waals surface area contributed by atoms with E-state index in [0.29, 0.717) is 0 Å². The van der Waals surface area contributed by atoms with Crippen LogP contribution in [0.3, 0.4) is 0 Å². The van der Waals surface area contributed by atoms with Gasteiger partial charge in [0.15, 0.2) is 0 Å². The zero-order valence-corrected chi connectivity index (χ0v) is 14.8. The number of unbranched alkanes of at least 4 members (excludes halogenated alkanes) is 1. The van der Waals surface area contributed by atoms with E-state index < -0.39 is 0 Å². The highest BCUT2D eigenvalue weighted by Gasteiger charge is 1.95.